The van der Waals surface area contributed by atoms with Crippen LogP contribution >= 0.6 is 11.8 Å². The Labute approximate surface area is 70.3 Å². The number of nitrogens with zero attached hydrogens (tertiary/aromatic N) is 2. The van der Waals surface area contributed by atoms with Gasteiger partial charge >= 0.3 is 0 Å². The van der Waals surface area contributed by atoms with Crippen LogP contribution in [0.1, 0.15) is 6.92 Å². The Bertz CT molecular complexity index is 232. The van der Waals surface area contributed by atoms with Gasteiger partial charge in [0.2, 0.25) is 0 Å². The second-order valence-corrected chi connectivity index (χ2v) is 3.82. The molecular formula is C7H11N3S. The highest BCUT2D eigenvalue weighted by atomic mass is 32.2. The number of amidine groups is 1. The van der Waals surface area contributed by atoms with Crippen molar-refractivity contribution < 1.29 is 0 Å². The molecule has 0 aromatic carbocycles. The van der Waals surface area contributed by atoms with E-state index in [9.17, 15) is 0 Å². The molecule has 0 fully saturated rings. The number of nitrogens with two attached hydrogens (primary N) is 1. The van der Waals surface area contributed by atoms with Crippen LogP contribution in [0.3, 0.4) is 0 Å². The average Bonchev–Trinajstić information content (AvgIpc) is 2.40. The maximum Gasteiger partial charge on any atom is 0.168 e. The third-order valence-corrected chi connectivity index (χ3v) is 3.03. The zero-order valence-corrected chi connectivity index (χ0v) is 7.27. The number of rotatable bonds is 1. The van der Waals surface area contributed by atoms with Crippen LogP contribution in [0.15, 0.2) is 16.1 Å². The summed E-state index contributed by atoms with van der Waals surface area (Å²) in [5.74, 6) is 0. The number of hydrogen-bond donors (Lipinski definition) is 1. The lowest BCUT2D eigenvalue weighted by Gasteiger charge is -2.04. The molecule has 0 saturated heterocycles. The molecule has 0 amide bonds. The molecule has 2 heterocycles. The molecule has 1 unspecified atom stereocenters. The summed E-state index contributed by atoms with van der Waals surface area (Å²) in [5.41, 5.74) is 5.73. The molecule has 0 aromatic rings. The Balaban J connectivity index is 2.15. The summed E-state index contributed by atoms with van der Waals surface area (Å²) in [7, 11) is 0. The Hall–Kier alpha value is -0.480. The summed E-state index contributed by atoms with van der Waals surface area (Å²) in [6.07, 6.45) is 2.11. The largest absolute Gasteiger partial charge is 0.325 e. The molecule has 4 heteroatoms. The summed E-state index contributed by atoms with van der Waals surface area (Å²) < 4.78 is 0. The molecule has 0 aromatic heterocycles. The van der Waals surface area contributed by atoms with Crippen molar-refractivity contribution in [2.75, 3.05) is 13.1 Å². The first-order valence-corrected chi connectivity index (χ1v) is 4.55. The van der Waals surface area contributed by atoms with E-state index in [1.54, 1.807) is 11.8 Å². The predicted octanol–water partition coefficient (Wildman–Crippen LogP) is 0.593. The minimum Gasteiger partial charge on any atom is -0.325 e. The van der Waals surface area contributed by atoms with E-state index in [-0.39, 0.29) is 6.04 Å². The van der Waals surface area contributed by atoms with Gasteiger partial charge in [-0.2, -0.15) is 0 Å². The molecule has 0 radical (unpaired) electrons. The molecule has 2 aliphatic rings. The second kappa shape index (κ2) is 2.53. The van der Waals surface area contributed by atoms with Gasteiger partial charge in [0, 0.05) is 23.7 Å². The molecule has 1 atom stereocenters. The molecular weight excluding hydrogens is 158 g/mol. The number of aliphatic imine (C=N–C) groups is 1. The summed E-state index contributed by atoms with van der Waals surface area (Å²) in [4.78, 5) is 7.72. The lowest BCUT2D eigenvalue weighted by atomic mass is 10.3. The van der Waals surface area contributed by atoms with Gasteiger partial charge in [0.15, 0.2) is 5.17 Å². The predicted molar refractivity (Wildman–Crippen MR) is 48.3 cm³/mol. The van der Waals surface area contributed by atoms with Crippen molar-refractivity contribution in [1.82, 2.24) is 4.90 Å². The van der Waals surface area contributed by atoms with E-state index < -0.39 is 0 Å². The van der Waals surface area contributed by atoms with Gasteiger partial charge in [-0.1, -0.05) is 11.8 Å². The normalized spacial score (nSPS) is 24.7. The third-order valence-electron chi connectivity index (χ3n) is 1.77. The van der Waals surface area contributed by atoms with Crippen LogP contribution in [-0.2, 0) is 0 Å². The van der Waals surface area contributed by atoms with Gasteiger partial charge in [0.05, 0.1) is 6.54 Å². The van der Waals surface area contributed by atoms with Crippen LogP contribution in [0.2, 0.25) is 0 Å². The maximum absolute atomic E-state index is 5.73. The zero-order chi connectivity index (χ0) is 7.84. The van der Waals surface area contributed by atoms with Crippen molar-refractivity contribution in [2.24, 2.45) is 10.7 Å². The molecule has 0 aliphatic carbocycles. The molecule has 2 rings (SSSR count). The maximum atomic E-state index is 5.73. The fraction of sp³-hybridized carbons (Fsp3) is 0.571. The average molecular weight is 169 g/mol. The number of fused-ring (bicyclic) bond motifs is 1. The van der Waals surface area contributed by atoms with Crippen LogP contribution < -0.4 is 5.73 Å². The van der Waals surface area contributed by atoms with Crippen molar-refractivity contribution in [3.8, 4) is 0 Å². The highest BCUT2D eigenvalue weighted by molar-refractivity contribution is 8.17. The summed E-state index contributed by atoms with van der Waals surface area (Å²) in [6.45, 7) is 3.96. The van der Waals surface area contributed by atoms with E-state index in [4.69, 9.17) is 5.73 Å². The molecule has 3 nitrogen and oxygen atoms in total. The Morgan fingerprint density at radius 3 is 3.27 bits per heavy atom. The molecule has 2 N–H and O–H groups in total. The lowest BCUT2D eigenvalue weighted by molar-refractivity contribution is 0.618. The molecule has 60 valence electrons. The van der Waals surface area contributed by atoms with Crippen LogP contribution in [0.5, 0.6) is 0 Å². The van der Waals surface area contributed by atoms with E-state index in [1.807, 2.05) is 6.92 Å². The molecule has 0 saturated carbocycles. The van der Waals surface area contributed by atoms with Crippen LogP contribution in [0, 0.1) is 0 Å². The summed E-state index contributed by atoms with van der Waals surface area (Å²) in [5, 5.41) is 1.12. The first-order valence-electron chi connectivity index (χ1n) is 3.73. The van der Waals surface area contributed by atoms with Crippen molar-refractivity contribution in [3.63, 3.8) is 0 Å². The van der Waals surface area contributed by atoms with E-state index in [1.165, 1.54) is 4.91 Å². The monoisotopic (exact) mass is 169 g/mol. The quantitative estimate of drug-likeness (QED) is 0.624. The van der Waals surface area contributed by atoms with Gasteiger partial charge in [0.1, 0.15) is 0 Å². The summed E-state index contributed by atoms with van der Waals surface area (Å²) in [6, 6.07) is 0.147. The van der Waals surface area contributed by atoms with Gasteiger partial charge in [-0.15, -0.1) is 0 Å². The highest BCUT2D eigenvalue weighted by Gasteiger charge is 2.25. The topological polar surface area (TPSA) is 41.6 Å². The van der Waals surface area contributed by atoms with Gasteiger partial charge in [-0.25, -0.2) is 0 Å². The van der Waals surface area contributed by atoms with E-state index in [0.717, 1.165) is 18.3 Å². The van der Waals surface area contributed by atoms with E-state index in [2.05, 4.69) is 16.1 Å². The molecule has 0 spiro atoms. The number of hydrogen-bond acceptors (Lipinski definition) is 4. The summed E-state index contributed by atoms with van der Waals surface area (Å²) >= 11 is 1.70. The van der Waals surface area contributed by atoms with Crippen LogP contribution in [0.25, 0.3) is 0 Å². The van der Waals surface area contributed by atoms with Crippen LogP contribution in [-0.4, -0.2) is 29.2 Å². The fourth-order valence-electron chi connectivity index (χ4n) is 1.15. The van der Waals surface area contributed by atoms with E-state index in [0.29, 0.717) is 0 Å². The number of thioether (sulfide) groups is 1. The Kier molecular flexibility index (Phi) is 1.65. The molecule has 0 bridgehead atoms. The minimum absolute atomic E-state index is 0.147. The zero-order valence-electron chi connectivity index (χ0n) is 6.45. The van der Waals surface area contributed by atoms with Gasteiger partial charge in [-0.3, -0.25) is 4.99 Å². The van der Waals surface area contributed by atoms with E-state index >= 15 is 0 Å². The van der Waals surface area contributed by atoms with Crippen molar-refractivity contribution in [2.45, 2.75) is 13.0 Å². The van der Waals surface area contributed by atoms with Crippen molar-refractivity contribution in [1.29, 1.82) is 0 Å². The highest BCUT2D eigenvalue weighted by Crippen LogP contribution is 2.31. The van der Waals surface area contributed by atoms with Gasteiger partial charge in [-0.05, 0) is 6.92 Å². The van der Waals surface area contributed by atoms with Gasteiger partial charge in [0.25, 0.3) is 0 Å². The fourth-order valence-corrected chi connectivity index (χ4v) is 2.14. The Morgan fingerprint density at radius 1 is 1.82 bits per heavy atom. The minimum atomic E-state index is 0.147. The van der Waals surface area contributed by atoms with Gasteiger partial charge < -0.3 is 10.6 Å². The molecule has 11 heavy (non-hydrogen) atoms. The standard InChI is InChI=1S/C7H11N3S/c1-5(8)6-4-10-3-2-9-7(10)11-6/h4-5H,2-3,8H2,1H3. The second-order valence-electron chi connectivity index (χ2n) is 2.78. The van der Waals surface area contributed by atoms with Crippen molar-refractivity contribution in [3.05, 3.63) is 11.1 Å². The first kappa shape index (κ1) is 7.18. The SMILES string of the molecule is CC(N)C1=CN2CCN=C2S1. The first-order chi connectivity index (χ1) is 5.27. The third kappa shape index (κ3) is 1.16. The van der Waals surface area contributed by atoms with Crippen LogP contribution in [0.4, 0.5) is 0 Å². The van der Waals surface area contributed by atoms with Crippen molar-refractivity contribution >= 4 is 16.9 Å². The molecule has 2 aliphatic heterocycles. The Morgan fingerprint density at radius 2 is 2.64 bits per heavy atom. The lowest BCUT2D eigenvalue weighted by Crippen LogP contribution is -2.16. The smallest absolute Gasteiger partial charge is 0.168 e.